The molecular formula is C10H13BrN2O. The molecule has 0 fully saturated rings. The molecule has 0 bridgehead atoms. The first kappa shape index (κ1) is 11.2. The van der Waals surface area contributed by atoms with Gasteiger partial charge in [-0.25, -0.2) is 0 Å². The lowest BCUT2D eigenvalue weighted by Crippen LogP contribution is -2.30. The Kier molecular flexibility index (Phi) is 4.59. The van der Waals surface area contributed by atoms with Crippen LogP contribution in [-0.4, -0.2) is 15.7 Å². The molecule has 0 unspecified atom stereocenters. The third kappa shape index (κ3) is 3.46. The average Bonchev–Trinajstić information content (AvgIpc) is 2.26. The highest BCUT2D eigenvalue weighted by Crippen LogP contribution is 2.04. The first-order valence-electron chi connectivity index (χ1n) is 4.54. The molecule has 14 heavy (non-hydrogen) atoms. The summed E-state index contributed by atoms with van der Waals surface area (Å²) >= 11 is 3.29. The van der Waals surface area contributed by atoms with E-state index in [4.69, 9.17) is 0 Å². The van der Waals surface area contributed by atoms with Crippen molar-refractivity contribution in [3.63, 3.8) is 0 Å². The summed E-state index contributed by atoms with van der Waals surface area (Å²) < 4.78 is 0. The maximum absolute atomic E-state index is 11.4. The molecule has 1 rings (SSSR count). The molecule has 1 atom stereocenters. The average molecular weight is 257 g/mol. The molecular weight excluding hydrogens is 244 g/mol. The number of carbonyl (C=O) groups is 1. The zero-order valence-corrected chi connectivity index (χ0v) is 9.62. The van der Waals surface area contributed by atoms with E-state index in [1.807, 2.05) is 19.1 Å². The van der Waals surface area contributed by atoms with Crippen LogP contribution in [0.25, 0.3) is 0 Å². The molecule has 0 aromatic carbocycles. The fourth-order valence-electron chi connectivity index (χ4n) is 0.988. The fraction of sp³-hybridized carbons (Fsp3) is 0.400. The van der Waals surface area contributed by atoms with Crippen molar-refractivity contribution in [1.29, 1.82) is 0 Å². The van der Waals surface area contributed by atoms with Crippen molar-refractivity contribution in [2.75, 3.05) is 0 Å². The smallest absolute Gasteiger partial charge is 0.234 e. The van der Waals surface area contributed by atoms with Gasteiger partial charge in [0, 0.05) is 18.9 Å². The van der Waals surface area contributed by atoms with E-state index in [2.05, 4.69) is 26.2 Å². The zero-order chi connectivity index (χ0) is 10.4. The van der Waals surface area contributed by atoms with Gasteiger partial charge >= 0.3 is 0 Å². The molecule has 0 saturated carbocycles. The fourth-order valence-corrected chi connectivity index (χ4v) is 1.15. The van der Waals surface area contributed by atoms with Crippen LogP contribution in [0.15, 0.2) is 24.5 Å². The van der Waals surface area contributed by atoms with Gasteiger partial charge < -0.3 is 5.32 Å². The van der Waals surface area contributed by atoms with Gasteiger partial charge in [0.2, 0.25) is 5.91 Å². The summed E-state index contributed by atoms with van der Waals surface area (Å²) in [6.45, 7) is 2.50. The predicted octanol–water partition coefficient (Wildman–Crippen LogP) is 1.87. The number of alkyl halides is 1. The van der Waals surface area contributed by atoms with E-state index in [0.717, 1.165) is 12.0 Å². The molecule has 3 nitrogen and oxygen atoms in total. The first-order valence-corrected chi connectivity index (χ1v) is 5.46. The Morgan fingerprint density at radius 1 is 1.71 bits per heavy atom. The number of aromatic nitrogens is 1. The van der Waals surface area contributed by atoms with Crippen LogP contribution in [0.3, 0.4) is 0 Å². The highest BCUT2D eigenvalue weighted by molar-refractivity contribution is 9.10. The molecule has 4 heteroatoms. The Morgan fingerprint density at radius 3 is 3.07 bits per heavy atom. The Hall–Kier alpha value is -0.900. The van der Waals surface area contributed by atoms with Gasteiger partial charge in [-0.2, -0.15) is 0 Å². The molecule has 1 amide bonds. The van der Waals surface area contributed by atoms with E-state index in [0.29, 0.717) is 6.54 Å². The summed E-state index contributed by atoms with van der Waals surface area (Å²) in [6.07, 6.45) is 4.25. The van der Waals surface area contributed by atoms with E-state index in [9.17, 15) is 4.79 Å². The Balaban J connectivity index is 2.38. The minimum Gasteiger partial charge on any atom is -0.351 e. The number of carbonyl (C=O) groups excluding carboxylic acids is 1. The van der Waals surface area contributed by atoms with Gasteiger partial charge in [0.25, 0.3) is 0 Å². The number of hydrogen-bond acceptors (Lipinski definition) is 2. The van der Waals surface area contributed by atoms with Crippen LogP contribution in [0, 0.1) is 0 Å². The highest BCUT2D eigenvalue weighted by Gasteiger charge is 2.10. The van der Waals surface area contributed by atoms with Gasteiger partial charge in [0.1, 0.15) is 0 Å². The van der Waals surface area contributed by atoms with Crippen LogP contribution in [0.2, 0.25) is 0 Å². The van der Waals surface area contributed by atoms with Gasteiger partial charge in [-0.3, -0.25) is 9.78 Å². The standard InChI is InChI=1S/C10H13BrN2O/c1-2-9(11)10(14)13-7-8-4-3-5-12-6-8/h3-6,9H,2,7H2,1H3,(H,13,14)/t9-/m1/s1. The number of amides is 1. The number of hydrogen-bond donors (Lipinski definition) is 1. The van der Waals surface area contributed by atoms with Crippen molar-refractivity contribution in [2.24, 2.45) is 0 Å². The minimum absolute atomic E-state index is 0.0244. The van der Waals surface area contributed by atoms with Gasteiger partial charge in [-0.15, -0.1) is 0 Å². The van der Waals surface area contributed by atoms with Crippen LogP contribution in [-0.2, 0) is 11.3 Å². The summed E-state index contributed by atoms with van der Waals surface area (Å²) in [7, 11) is 0. The molecule has 1 N–H and O–H groups in total. The predicted molar refractivity (Wildman–Crippen MR) is 59.1 cm³/mol. The third-order valence-electron chi connectivity index (χ3n) is 1.83. The summed E-state index contributed by atoms with van der Waals surface area (Å²) in [6, 6.07) is 3.79. The van der Waals surface area contributed by atoms with Crippen molar-refractivity contribution < 1.29 is 4.79 Å². The Bertz CT molecular complexity index is 289. The van der Waals surface area contributed by atoms with Gasteiger partial charge in [0.15, 0.2) is 0 Å². The topological polar surface area (TPSA) is 42.0 Å². The Labute approximate surface area is 92.1 Å². The molecule has 0 aliphatic carbocycles. The second-order valence-corrected chi connectivity index (χ2v) is 4.06. The maximum Gasteiger partial charge on any atom is 0.234 e. The van der Waals surface area contributed by atoms with Crippen molar-refractivity contribution in [3.8, 4) is 0 Å². The second-order valence-electron chi connectivity index (χ2n) is 2.95. The SMILES string of the molecule is CC[C@@H](Br)C(=O)NCc1cccnc1. The molecule has 0 spiro atoms. The van der Waals surface area contributed by atoms with E-state index >= 15 is 0 Å². The van der Waals surface area contributed by atoms with Crippen molar-refractivity contribution in [3.05, 3.63) is 30.1 Å². The summed E-state index contributed by atoms with van der Waals surface area (Å²) in [5.41, 5.74) is 1.01. The Morgan fingerprint density at radius 2 is 2.50 bits per heavy atom. The highest BCUT2D eigenvalue weighted by atomic mass is 79.9. The van der Waals surface area contributed by atoms with E-state index in [-0.39, 0.29) is 10.7 Å². The van der Waals surface area contributed by atoms with Crippen molar-refractivity contribution in [1.82, 2.24) is 10.3 Å². The monoisotopic (exact) mass is 256 g/mol. The number of nitrogens with zero attached hydrogens (tertiary/aromatic N) is 1. The number of nitrogens with one attached hydrogen (secondary N) is 1. The van der Waals surface area contributed by atoms with E-state index < -0.39 is 0 Å². The van der Waals surface area contributed by atoms with E-state index in [1.165, 1.54) is 0 Å². The number of pyridine rings is 1. The van der Waals surface area contributed by atoms with Crippen molar-refractivity contribution in [2.45, 2.75) is 24.7 Å². The first-order chi connectivity index (χ1) is 6.74. The normalized spacial score (nSPS) is 12.1. The zero-order valence-electron chi connectivity index (χ0n) is 8.03. The third-order valence-corrected chi connectivity index (χ3v) is 2.90. The molecule has 76 valence electrons. The van der Waals surface area contributed by atoms with Crippen LogP contribution in [0.4, 0.5) is 0 Å². The minimum atomic E-state index is -0.0980. The lowest BCUT2D eigenvalue weighted by Gasteiger charge is -2.08. The lowest BCUT2D eigenvalue weighted by molar-refractivity contribution is -0.120. The van der Waals surface area contributed by atoms with Gasteiger partial charge in [0.05, 0.1) is 4.83 Å². The quantitative estimate of drug-likeness (QED) is 0.836. The largest absolute Gasteiger partial charge is 0.351 e. The maximum atomic E-state index is 11.4. The van der Waals surface area contributed by atoms with E-state index in [1.54, 1.807) is 12.4 Å². The second kappa shape index (κ2) is 5.75. The van der Waals surface area contributed by atoms with Crippen LogP contribution in [0.1, 0.15) is 18.9 Å². The molecule has 0 aliphatic rings. The van der Waals surface area contributed by atoms with Gasteiger partial charge in [-0.1, -0.05) is 28.9 Å². The van der Waals surface area contributed by atoms with Gasteiger partial charge in [-0.05, 0) is 18.1 Å². The number of halogens is 1. The number of rotatable bonds is 4. The van der Waals surface area contributed by atoms with Crippen LogP contribution >= 0.6 is 15.9 Å². The summed E-state index contributed by atoms with van der Waals surface area (Å²) in [4.78, 5) is 15.2. The van der Waals surface area contributed by atoms with Crippen molar-refractivity contribution >= 4 is 21.8 Å². The summed E-state index contributed by atoms with van der Waals surface area (Å²) in [5, 5.41) is 2.82. The van der Waals surface area contributed by atoms with Crippen LogP contribution < -0.4 is 5.32 Å². The molecule has 0 saturated heterocycles. The molecule has 1 aromatic heterocycles. The summed E-state index contributed by atoms with van der Waals surface area (Å²) in [5.74, 6) is 0.0244. The molecule has 0 radical (unpaired) electrons. The van der Waals surface area contributed by atoms with Crippen LogP contribution in [0.5, 0.6) is 0 Å². The molecule has 1 heterocycles. The molecule has 1 aromatic rings. The molecule has 0 aliphatic heterocycles. The lowest BCUT2D eigenvalue weighted by atomic mass is 10.2.